The number of rotatable bonds is 3. The van der Waals surface area contributed by atoms with Crippen LogP contribution in [-0.4, -0.2) is 19.8 Å². The molecular formula is C8H5BF7KO. The summed E-state index contributed by atoms with van der Waals surface area (Å²) in [5, 5.41) is 0. The molecule has 10 heteroatoms. The Morgan fingerprint density at radius 2 is 1.67 bits per heavy atom. The van der Waals surface area contributed by atoms with Crippen molar-refractivity contribution in [3.63, 3.8) is 0 Å². The van der Waals surface area contributed by atoms with Crippen LogP contribution in [0.4, 0.5) is 30.5 Å². The van der Waals surface area contributed by atoms with Gasteiger partial charge in [0.25, 0.3) is 0 Å². The van der Waals surface area contributed by atoms with Gasteiger partial charge in [0.1, 0.15) is 5.82 Å². The number of halogens is 7. The van der Waals surface area contributed by atoms with Crippen LogP contribution in [-0.2, 0) is 0 Å². The molecule has 0 bridgehead atoms. The molecule has 0 saturated carbocycles. The number of hydrogen-bond acceptors (Lipinski definition) is 1. The number of benzene rings is 1. The van der Waals surface area contributed by atoms with Gasteiger partial charge in [-0.25, -0.2) is 4.39 Å². The molecule has 0 heterocycles. The van der Waals surface area contributed by atoms with Crippen molar-refractivity contribution in [3.8, 4) is 5.75 Å². The van der Waals surface area contributed by atoms with Crippen LogP contribution in [0.25, 0.3) is 0 Å². The molecule has 0 atom stereocenters. The Balaban J connectivity index is 0.00000289. The van der Waals surface area contributed by atoms with Crippen molar-refractivity contribution in [3.05, 3.63) is 24.0 Å². The van der Waals surface area contributed by atoms with Crippen LogP contribution in [0.2, 0.25) is 0 Å². The molecular weight excluding hydrogens is 295 g/mol. The minimum atomic E-state index is -5.56. The molecule has 0 fully saturated rings. The van der Waals surface area contributed by atoms with E-state index in [-0.39, 0.29) is 57.5 Å². The molecule has 0 aromatic heterocycles. The molecule has 0 aliphatic rings. The third-order valence-electron chi connectivity index (χ3n) is 1.72. The summed E-state index contributed by atoms with van der Waals surface area (Å²) in [7, 11) is 0. The zero-order chi connectivity index (χ0) is 13.3. The number of hydrogen-bond donors (Lipinski definition) is 0. The zero-order valence-electron chi connectivity index (χ0n) is 9.07. The van der Waals surface area contributed by atoms with Crippen LogP contribution in [0.15, 0.2) is 18.2 Å². The Morgan fingerprint density at radius 1 is 1.11 bits per heavy atom. The maximum absolute atomic E-state index is 12.6. The largest absolute Gasteiger partial charge is 1.00 e. The van der Waals surface area contributed by atoms with E-state index in [0.29, 0.717) is 12.1 Å². The van der Waals surface area contributed by atoms with E-state index in [1.807, 2.05) is 0 Å². The minimum absolute atomic E-state index is 0. The van der Waals surface area contributed by atoms with Crippen molar-refractivity contribution in [2.24, 2.45) is 0 Å². The Kier molecular flexibility index (Phi) is 6.68. The van der Waals surface area contributed by atoms with Crippen molar-refractivity contribution in [2.75, 3.05) is 6.61 Å². The van der Waals surface area contributed by atoms with Crippen LogP contribution >= 0.6 is 0 Å². The van der Waals surface area contributed by atoms with Gasteiger partial charge in [-0.2, -0.15) is 13.2 Å². The van der Waals surface area contributed by atoms with Gasteiger partial charge in [0.2, 0.25) is 0 Å². The van der Waals surface area contributed by atoms with E-state index >= 15 is 0 Å². The fourth-order valence-electron chi connectivity index (χ4n) is 1.06. The third-order valence-corrected chi connectivity index (χ3v) is 1.72. The van der Waals surface area contributed by atoms with E-state index in [9.17, 15) is 30.5 Å². The number of alkyl halides is 3. The van der Waals surface area contributed by atoms with Crippen molar-refractivity contribution < 1.29 is 86.6 Å². The normalized spacial score (nSPS) is 11.9. The molecule has 0 radical (unpaired) electrons. The van der Waals surface area contributed by atoms with Gasteiger partial charge in [-0.3, -0.25) is 0 Å². The molecule has 18 heavy (non-hydrogen) atoms. The van der Waals surface area contributed by atoms with Crippen molar-refractivity contribution in [1.82, 2.24) is 0 Å². The number of ether oxygens (including phenoxy) is 1. The predicted molar refractivity (Wildman–Crippen MR) is 46.7 cm³/mol. The van der Waals surface area contributed by atoms with Crippen molar-refractivity contribution >= 4 is 12.4 Å². The van der Waals surface area contributed by atoms with Gasteiger partial charge in [-0.15, -0.1) is 0 Å². The molecule has 0 aliphatic carbocycles. The fourth-order valence-corrected chi connectivity index (χ4v) is 1.06. The van der Waals surface area contributed by atoms with Crippen molar-refractivity contribution in [1.29, 1.82) is 0 Å². The molecule has 1 aromatic carbocycles. The second kappa shape index (κ2) is 6.60. The van der Waals surface area contributed by atoms with Gasteiger partial charge in [-0.05, 0) is 6.07 Å². The van der Waals surface area contributed by atoms with Gasteiger partial charge in [-0.1, -0.05) is 11.5 Å². The fraction of sp³-hybridized carbons (Fsp3) is 0.250. The Hall–Kier alpha value is 0.231. The topological polar surface area (TPSA) is 9.23 Å². The van der Waals surface area contributed by atoms with Crippen LogP contribution < -0.4 is 61.6 Å². The molecule has 0 N–H and O–H groups in total. The van der Waals surface area contributed by atoms with E-state index in [4.69, 9.17) is 0 Å². The second-order valence-electron chi connectivity index (χ2n) is 3.16. The Labute approximate surface area is 140 Å². The van der Waals surface area contributed by atoms with Gasteiger partial charge >= 0.3 is 64.5 Å². The van der Waals surface area contributed by atoms with Crippen LogP contribution in [0.1, 0.15) is 0 Å². The SMILES string of the molecule is Fc1ccc([B-](F)(F)F)c(OCC(F)(F)F)c1.[K+]. The monoisotopic (exact) mass is 300 g/mol. The van der Waals surface area contributed by atoms with Crippen molar-refractivity contribution in [2.45, 2.75) is 6.18 Å². The molecule has 1 rings (SSSR count). The van der Waals surface area contributed by atoms with Crippen LogP contribution in [0, 0.1) is 5.82 Å². The van der Waals surface area contributed by atoms with Crippen LogP contribution in [0.5, 0.6) is 5.75 Å². The van der Waals surface area contributed by atoms with E-state index in [2.05, 4.69) is 4.74 Å². The summed E-state index contributed by atoms with van der Waals surface area (Å²) in [6.07, 6.45) is -4.79. The maximum atomic E-state index is 12.6. The molecule has 96 valence electrons. The quantitative estimate of drug-likeness (QED) is 0.556. The Bertz CT molecular complexity index is 403. The summed E-state index contributed by atoms with van der Waals surface area (Å²) < 4.78 is 89.0. The summed E-state index contributed by atoms with van der Waals surface area (Å²) >= 11 is 0. The average Bonchev–Trinajstić information content (AvgIpc) is 2.11. The smallest absolute Gasteiger partial charge is 0.487 e. The summed E-state index contributed by atoms with van der Waals surface area (Å²) in [6, 6.07) is 1.13. The van der Waals surface area contributed by atoms with Gasteiger partial charge in [0.15, 0.2) is 6.61 Å². The summed E-state index contributed by atoms with van der Waals surface area (Å²) in [5.74, 6) is -2.26. The molecule has 0 spiro atoms. The van der Waals surface area contributed by atoms with E-state index < -0.39 is 36.8 Å². The first-order chi connectivity index (χ1) is 7.59. The molecule has 0 saturated heterocycles. The molecule has 0 amide bonds. The molecule has 0 unspecified atom stereocenters. The van der Waals surface area contributed by atoms with Gasteiger partial charge in [0.05, 0.1) is 5.75 Å². The predicted octanol–water partition coefficient (Wildman–Crippen LogP) is -0.175. The maximum Gasteiger partial charge on any atom is 1.00 e. The Morgan fingerprint density at radius 3 is 2.11 bits per heavy atom. The summed E-state index contributed by atoms with van der Waals surface area (Å²) in [5.41, 5.74) is -1.39. The first-order valence-corrected chi connectivity index (χ1v) is 4.28. The molecule has 1 nitrogen and oxygen atoms in total. The molecule has 1 aromatic rings. The summed E-state index contributed by atoms with van der Waals surface area (Å²) in [6.45, 7) is -7.47. The summed E-state index contributed by atoms with van der Waals surface area (Å²) in [4.78, 5) is 0. The van der Waals surface area contributed by atoms with E-state index in [1.165, 1.54) is 0 Å². The first-order valence-electron chi connectivity index (χ1n) is 4.28. The van der Waals surface area contributed by atoms with E-state index in [1.54, 1.807) is 0 Å². The third kappa shape index (κ3) is 5.91. The average molecular weight is 300 g/mol. The first kappa shape index (κ1) is 18.2. The zero-order valence-corrected chi connectivity index (χ0v) is 12.2. The minimum Gasteiger partial charge on any atom is -0.487 e. The van der Waals surface area contributed by atoms with Gasteiger partial charge < -0.3 is 17.7 Å². The second-order valence-corrected chi connectivity index (χ2v) is 3.16. The standard InChI is InChI=1S/C8H5BF7O.K/c10-5-1-2-6(9(14,15)16)7(3-5)17-4-8(11,12)13;/h1-3H,4H2;/q-1;+1. The van der Waals surface area contributed by atoms with E-state index in [0.717, 1.165) is 0 Å². The van der Waals surface area contributed by atoms with Crippen LogP contribution in [0.3, 0.4) is 0 Å². The van der Waals surface area contributed by atoms with Gasteiger partial charge in [0, 0.05) is 6.07 Å². The molecule has 0 aliphatic heterocycles.